The first-order valence-corrected chi connectivity index (χ1v) is 11.7. The summed E-state index contributed by atoms with van der Waals surface area (Å²) in [6.07, 6.45) is 3.43. The average Bonchev–Trinajstić information content (AvgIpc) is 3.33. The lowest BCUT2D eigenvalue weighted by Gasteiger charge is -2.26. The fraction of sp³-hybridized carbons (Fsp3) is 0.647. The zero-order valence-electron chi connectivity index (χ0n) is 14.6. The molecule has 7 nitrogen and oxygen atoms in total. The van der Waals surface area contributed by atoms with E-state index in [4.69, 9.17) is 4.74 Å². The van der Waals surface area contributed by atoms with Crippen molar-refractivity contribution in [3.8, 4) is 5.75 Å². The summed E-state index contributed by atoms with van der Waals surface area (Å²) >= 11 is 3.60. The number of hydrogen-bond acceptors (Lipinski definition) is 6. The SMILES string of the molecule is O=S1(=O)CCN(CCCOc2ccc3c(nnn3CC3CC3)c2Br)CC1. The topological polar surface area (TPSA) is 77.3 Å². The van der Waals surface area contributed by atoms with Gasteiger partial charge in [0.15, 0.2) is 9.84 Å². The third kappa shape index (κ3) is 4.20. The van der Waals surface area contributed by atoms with Crippen LogP contribution in [0, 0.1) is 5.92 Å². The van der Waals surface area contributed by atoms with Crippen molar-refractivity contribution < 1.29 is 13.2 Å². The largest absolute Gasteiger partial charge is 0.492 e. The minimum absolute atomic E-state index is 0.270. The highest BCUT2D eigenvalue weighted by molar-refractivity contribution is 9.10. The van der Waals surface area contributed by atoms with Crippen LogP contribution in [-0.2, 0) is 16.4 Å². The second-order valence-corrected chi connectivity index (χ2v) is 10.3. The van der Waals surface area contributed by atoms with Crippen LogP contribution in [0.1, 0.15) is 19.3 Å². The normalized spacial score (nSPS) is 20.5. The zero-order valence-corrected chi connectivity index (χ0v) is 17.0. The Morgan fingerprint density at radius 3 is 2.73 bits per heavy atom. The van der Waals surface area contributed by atoms with Gasteiger partial charge in [-0.3, -0.25) is 0 Å². The van der Waals surface area contributed by atoms with Crippen molar-refractivity contribution in [1.82, 2.24) is 19.9 Å². The lowest BCUT2D eigenvalue weighted by molar-refractivity contribution is 0.245. The molecule has 142 valence electrons. The number of hydrogen-bond donors (Lipinski definition) is 0. The van der Waals surface area contributed by atoms with Crippen molar-refractivity contribution in [3.05, 3.63) is 16.6 Å². The van der Waals surface area contributed by atoms with Gasteiger partial charge in [-0.15, -0.1) is 5.10 Å². The Kier molecular flexibility index (Phi) is 5.20. The van der Waals surface area contributed by atoms with E-state index in [1.165, 1.54) is 12.8 Å². The van der Waals surface area contributed by atoms with E-state index in [1.54, 1.807) is 0 Å². The maximum absolute atomic E-state index is 11.5. The molecule has 2 aromatic rings. The van der Waals surface area contributed by atoms with E-state index in [2.05, 4.69) is 31.1 Å². The zero-order chi connectivity index (χ0) is 18.1. The maximum atomic E-state index is 11.5. The summed E-state index contributed by atoms with van der Waals surface area (Å²) < 4.78 is 31.6. The molecule has 4 rings (SSSR count). The molecule has 2 fully saturated rings. The highest BCUT2D eigenvalue weighted by atomic mass is 79.9. The number of sulfone groups is 1. The molecule has 0 spiro atoms. The summed E-state index contributed by atoms with van der Waals surface area (Å²) in [4.78, 5) is 2.19. The third-order valence-corrected chi connectivity index (χ3v) is 7.41. The highest BCUT2D eigenvalue weighted by Crippen LogP contribution is 2.34. The van der Waals surface area contributed by atoms with Crippen LogP contribution in [0.2, 0.25) is 0 Å². The summed E-state index contributed by atoms with van der Waals surface area (Å²) in [5.74, 6) is 2.07. The molecule has 9 heteroatoms. The maximum Gasteiger partial charge on any atom is 0.152 e. The Bertz CT molecular complexity index is 881. The van der Waals surface area contributed by atoms with Gasteiger partial charge in [0.25, 0.3) is 0 Å². The van der Waals surface area contributed by atoms with Gasteiger partial charge < -0.3 is 9.64 Å². The van der Waals surface area contributed by atoms with Crippen LogP contribution in [0.3, 0.4) is 0 Å². The van der Waals surface area contributed by atoms with E-state index in [0.717, 1.165) is 46.7 Å². The molecule has 0 bridgehead atoms. The lowest BCUT2D eigenvalue weighted by atomic mass is 10.3. The van der Waals surface area contributed by atoms with Gasteiger partial charge in [-0.25, -0.2) is 13.1 Å². The Labute approximate surface area is 161 Å². The first-order chi connectivity index (χ1) is 12.5. The van der Waals surface area contributed by atoms with Crippen molar-refractivity contribution in [2.45, 2.75) is 25.8 Å². The first kappa shape index (κ1) is 18.2. The molecule has 0 N–H and O–H groups in total. The van der Waals surface area contributed by atoms with Crippen LogP contribution < -0.4 is 4.74 Å². The minimum Gasteiger partial charge on any atom is -0.492 e. The number of rotatable bonds is 7. The standard InChI is InChI=1S/C17H23BrN4O3S/c18-16-15(25-9-1-6-21-7-10-26(23,24)11-8-21)5-4-14-17(16)19-20-22(14)12-13-2-3-13/h4-5,13H,1-3,6-12H2. The fourth-order valence-electron chi connectivity index (χ4n) is 3.22. The molecular weight excluding hydrogens is 420 g/mol. The van der Waals surface area contributed by atoms with Crippen molar-refractivity contribution in [2.75, 3.05) is 37.7 Å². The summed E-state index contributed by atoms with van der Waals surface area (Å²) in [7, 11) is -2.81. The molecule has 1 aromatic heterocycles. The quantitative estimate of drug-likeness (QED) is 0.610. The fourth-order valence-corrected chi connectivity index (χ4v) is 5.03. The van der Waals surface area contributed by atoms with E-state index >= 15 is 0 Å². The Morgan fingerprint density at radius 1 is 1.23 bits per heavy atom. The van der Waals surface area contributed by atoms with E-state index in [-0.39, 0.29) is 11.5 Å². The molecule has 0 radical (unpaired) electrons. The van der Waals surface area contributed by atoms with E-state index < -0.39 is 9.84 Å². The second kappa shape index (κ2) is 7.44. The monoisotopic (exact) mass is 442 g/mol. The van der Waals surface area contributed by atoms with Gasteiger partial charge in [-0.1, -0.05) is 5.21 Å². The van der Waals surface area contributed by atoms with Crippen molar-refractivity contribution >= 4 is 36.8 Å². The van der Waals surface area contributed by atoms with Crippen LogP contribution in [0.4, 0.5) is 0 Å². The molecule has 2 aliphatic rings. The first-order valence-electron chi connectivity index (χ1n) is 9.09. The number of halogens is 1. The molecule has 0 atom stereocenters. The van der Waals surface area contributed by atoms with Gasteiger partial charge in [0.1, 0.15) is 11.3 Å². The van der Waals surface area contributed by atoms with Crippen LogP contribution in [0.15, 0.2) is 16.6 Å². The second-order valence-electron chi connectivity index (χ2n) is 7.16. The molecule has 0 amide bonds. The summed E-state index contributed by atoms with van der Waals surface area (Å²) in [5, 5.41) is 8.57. The molecule has 2 heterocycles. The Morgan fingerprint density at radius 2 is 2.00 bits per heavy atom. The van der Waals surface area contributed by atoms with Gasteiger partial charge in [-0.2, -0.15) is 0 Å². The van der Waals surface area contributed by atoms with Crippen LogP contribution in [0.5, 0.6) is 5.75 Å². The average molecular weight is 443 g/mol. The molecule has 1 aromatic carbocycles. The molecule has 0 unspecified atom stereocenters. The third-order valence-electron chi connectivity index (χ3n) is 5.03. The molecule has 1 aliphatic carbocycles. The van der Waals surface area contributed by atoms with E-state index in [9.17, 15) is 8.42 Å². The summed E-state index contributed by atoms with van der Waals surface area (Å²) in [6, 6.07) is 3.99. The van der Waals surface area contributed by atoms with Gasteiger partial charge in [0, 0.05) is 26.2 Å². The van der Waals surface area contributed by atoms with Crippen molar-refractivity contribution in [1.29, 1.82) is 0 Å². The molecule has 1 aliphatic heterocycles. The predicted octanol–water partition coefficient (Wildman–Crippen LogP) is 2.10. The molecule has 26 heavy (non-hydrogen) atoms. The van der Waals surface area contributed by atoms with Crippen LogP contribution in [0.25, 0.3) is 11.0 Å². The summed E-state index contributed by atoms with van der Waals surface area (Å²) in [5.41, 5.74) is 1.87. The van der Waals surface area contributed by atoms with Gasteiger partial charge in [-0.05, 0) is 53.2 Å². The van der Waals surface area contributed by atoms with Gasteiger partial charge in [0.05, 0.1) is 28.1 Å². The van der Waals surface area contributed by atoms with Crippen LogP contribution >= 0.6 is 15.9 Å². The molecular formula is C17H23BrN4O3S. The molecule has 1 saturated heterocycles. The lowest BCUT2D eigenvalue weighted by Crippen LogP contribution is -2.40. The number of nitrogens with zero attached hydrogens (tertiary/aromatic N) is 4. The van der Waals surface area contributed by atoms with Crippen LogP contribution in [-0.4, -0.2) is 66.1 Å². The Hall–Kier alpha value is -1.19. The minimum atomic E-state index is -2.81. The summed E-state index contributed by atoms with van der Waals surface area (Å²) in [6.45, 7) is 3.63. The van der Waals surface area contributed by atoms with E-state index in [1.807, 2.05) is 16.8 Å². The smallest absolute Gasteiger partial charge is 0.152 e. The van der Waals surface area contributed by atoms with Crippen molar-refractivity contribution in [3.63, 3.8) is 0 Å². The highest BCUT2D eigenvalue weighted by Gasteiger charge is 2.24. The van der Waals surface area contributed by atoms with Gasteiger partial charge >= 0.3 is 0 Å². The van der Waals surface area contributed by atoms with E-state index in [0.29, 0.717) is 19.7 Å². The molecule has 1 saturated carbocycles. The van der Waals surface area contributed by atoms with Gasteiger partial charge in [0.2, 0.25) is 0 Å². The number of ether oxygens (including phenoxy) is 1. The number of benzene rings is 1. The number of fused-ring (bicyclic) bond motifs is 1. The van der Waals surface area contributed by atoms with Crippen molar-refractivity contribution in [2.24, 2.45) is 5.92 Å². The number of aromatic nitrogens is 3. The Balaban J connectivity index is 1.30. The predicted molar refractivity (Wildman–Crippen MR) is 103 cm³/mol.